The number of nitrogens with one attached hydrogen (secondary N) is 2. The first kappa shape index (κ1) is 18.7. The van der Waals surface area contributed by atoms with Crippen molar-refractivity contribution >= 4 is 22.7 Å². The summed E-state index contributed by atoms with van der Waals surface area (Å²) in [4.78, 5) is 12.6. The number of benzene rings is 2. The molecule has 0 radical (unpaired) electrons. The number of H-pyrrole nitrogens is 1. The van der Waals surface area contributed by atoms with Crippen LogP contribution in [0, 0.1) is 5.82 Å². The molecular weight excluding hydrogens is 395 g/mol. The molecule has 2 aromatic carbocycles. The van der Waals surface area contributed by atoms with Gasteiger partial charge in [-0.3, -0.25) is 5.10 Å². The average molecular weight is 412 g/mol. The van der Waals surface area contributed by atoms with E-state index in [0.29, 0.717) is 34.2 Å². The molecule has 0 atom stereocenters. The lowest BCUT2D eigenvalue weighted by atomic mass is 10.0. The standard InChI is InChI=1S/C23H17FN6O/c1-31-20-6-3-2-5-17(20)21-18-11-14(13-27-22(18)30-29-21)16-8-7-15(12-19(16)24)28-23-25-9-4-10-26-23/h2-13H,1H3,(H,25,26,28)(H,27,29,30). The highest BCUT2D eigenvalue weighted by atomic mass is 19.1. The molecule has 3 aromatic heterocycles. The zero-order valence-electron chi connectivity index (χ0n) is 16.5. The molecule has 0 aliphatic heterocycles. The molecule has 2 N–H and O–H groups in total. The van der Waals surface area contributed by atoms with Crippen LogP contribution in [-0.2, 0) is 0 Å². The minimum absolute atomic E-state index is 0.385. The first-order chi connectivity index (χ1) is 15.2. The molecule has 0 fully saturated rings. The van der Waals surface area contributed by atoms with Crippen LogP contribution >= 0.6 is 0 Å². The number of ether oxygens (including phenoxy) is 1. The summed E-state index contributed by atoms with van der Waals surface area (Å²) in [6, 6.07) is 16.1. The van der Waals surface area contributed by atoms with Gasteiger partial charge in [0.25, 0.3) is 0 Å². The van der Waals surface area contributed by atoms with Crippen molar-refractivity contribution in [2.75, 3.05) is 12.4 Å². The lowest BCUT2D eigenvalue weighted by Gasteiger charge is -2.09. The summed E-state index contributed by atoms with van der Waals surface area (Å²) in [5.74, 6) is 0.727. The van der Waals surface area contributed by atoms with Gasteiger partial charge in [-0.15, -0.1) is 0 Å². The zero-order valence-corrected chi connectivity index (χ0v) is 16.5. The van der Waals surface area contributed by atoms with E-state index in [4.69, 9.17) is 4.74 Å². The maximum Gasteiger partial charge on any atom is 0.227 e. The molecule has 5 rings (SSSR count). The summed E-state index contributed by atoms with van der Waals surface area (Å²) in [5.41, 5.74) is 3.80. The number of halogens is 1. The van der Waals surface area contributed by atoms with Gasteiger partial charge >= 0.3 is 0 Å². The van der Waals surface area contributed by atoms with Gasteiger partial charge in [0.1, 0.15) is 11.6 Å². The van der Waals surface area contributed by atoms with Crippen LogP contribution in [0.4, 0.5) is 16.0 Å². The summed E-state index contributed by atoms with van der Waals surface area (Å²) >= 11 is 0. The number of nitrogens with zero attached hydrogens (tertiary/aromatic N) is 4. The first-order valence-corrected chi connectivity index (χ1v) is 9.54. The monoisotopic (exact) mass is 412 g/mol. The van der Waals surface area contributed by atoms with E-state index in [1.54, 1.807) is 43.9 Å². The number of para-hydroxylation sites is 1. The van der Waals surface area contributed by atoms with Crippen molar-refractivity contribution in [1.82, 2.24) is 25.1 Å². The quantitative estimate of drug-likeness (QED) is 0.424. The van der Waals surface area contributed by atoms with Crippen LogP contribution in [-0.4, -0.2) is 32.3 Å². The van der Waals surface area contributed by atoms with Gasteiger partial charge in [0.15, 0.2) is 5.65 Å². The predicted molar refractivity (Wildman–Crippen MR) is 117 cm³/mol. The number of methoxy groups -OCH3 is 1. The predicted octanol–water partition coefficient (Wildman–Crippen LogP) is 4.97. The third kappa shape index (κ3) is 3.55. The number of anilines is 2. The number of hydrogen-bond acceptors (Lipinski definition) is 6. The second kappa shape index (κ2) is 7.83. The largest absolute Gasteiger partial charge is 0.496 e. The first-order valence-electron chi connectivity index (χ1n) is 9.54. The molecule has 31 heavy (non-hydrogen) atoms. The number of pyridine rings is 1. The molecule has 152 valence electrons. The van der Waals surface area contributed by atoms with Crippen LogP contribution in [0.5, 0.6) is 5.75 Å². The van der Waals surface area contributed by atoms with E-state index in [2.05, 4.69) is 30.5 Å². The smallest absolute Gasteiger partial charge is 0.227 e. The molecule has 0 saturated heterocycles. The third-order valence-corrected chi connectivity index (χ3v) is 4.89. The summed E-state index contributed by atoms with van der Waals surface area (Å²) < 4.78 is 20.4. The Kier molecular flexibility index (Phi) is 4.72. The van der Waals surface area contributed by atoms with Gasteiger partial charge in [-0.05, 0) is 42.5 Å². The summed E-state index contributed by atoms with van der Waals surface area (Å²) in [6.07, 6.45) is 4.84. The van der Waals surface area contributed by atoms with E-state index in [1.807, 2.05) is 30.3 Å². The Morgan fingerprint density at radius 2 is 1.77 bits per heavy atom. The Labute approximate surface area is 177 Å². The van der Waals surface area contributed by atoms with Crippen LogP contribution in [0.25, 0.3) is 33.4 Å². The van der Waals surface area contributed by atoms with E-state index in [0.717, 1.165) is 16.6 Å². The van der Waals surface area contributed by atoms with Crippen LogP contribution in [0.15, 0.2) is 73.2 Å². The van der Waals surface area contributed by atoms with Crippen LogP contribution in [0.2, 0.25) is 0 Å². The number of aromatic amines is 1. The Balaban J connectivity index is 1.53. The fourth-order valence-electron chi connectivity index (χ4n) is 3.42. The van der Waals surface area contributed by atoms with Crippen molar-refractivity contribution in [2.45, 2.75) is 0 Å². The maximum absolute atomic E-state index is 15.0. The number of hydrogen-bond donors (Lipinski definition) is 2. The maximum atomic E-state index is 15.0. The molecule has 0 unspecified atom stereocenters. The van der Waals surface area contributed by atoms with Gasteiger partial charge in [-0.25, -0.2) is 19.3 Å². The van der Waals surface area contributed by atoms with E-state index in [1.165, 1.54) is 6.07 Å². The molecule has 3 heterocycles. The van der Waals surface area contributed by atoms with Gasteiger partial charge < -0.3 is 10.1 Å². The molecule has 8 heteroatoms. The van der Waals surface area contributed by atoms with Crippen LogP contribution in [0.3, 0.4) is 0 Å². The molecule has 0 aliphatic carbocycles. The highest BCUT2D eigenvalue weighted by Crippen LogP contribution is 2.35. The lowest BCUT2D eigenvalue weighted by molar-refractivity contribution is 0.416. The van der Waals surface area contributed by atoms with Crippen molar-refractivity contribution in [3.8, 4) is 28.1 Å². The molecule has 5 aromatic rings. The summed E-state index contributed by atoms with van der Waals surface area (Å²) in [5, 5.41) is 11.1. The molecule has 0 bridgehead atoms. The molecule has 0 spiro atoms. The Hall–Kier alpha value is -4.33. The third-order valence-electron chi connectivity index (χ3n) is 4.89. The number of aromatic nitrogens is 5. The van der Waals surface area contributed by atoms with Crippen molar-refractivity contribution in [2.24, 2.45) is 0 Å². The van der Waals surface area contributed by atoms with Crippen molar-refractivity contribution < 1.29 is 9.13 Å². The molecule has 0 amide bonds. The number of fused-ring (bicyclic) bond motifs is 1. The van der Waals surface area contributed by atoms with Crippen molar-refractivity contribution in [3.05, 3.63) is 79.0 Å². The van der Waals surface area contributed by atoms with E-state index in [9.17, 15) is 4.39 Å². The van der Waals surface area contributed by atoms with Gasteiger partial charge in [0.2, 0.25) is 5.95 Å². The number of rotatable bonds is 5. The van der Waals surface area contributed by atoms with E-state index in [-0.39, 0.29) is 5.82 Å². The molecule has 0 aliphatic rings. The Morgan fingerprint density at radius 1 is 0.935 bits per heavy atom. The average Bonchev–Trinajstić information content (AvgIpc) is 3.23. The summed E-state index contributed by atoms with van der Waals surface area (Å²) in [6.45, 7) is 0. The minimum atomic E-state index is -0.385. The van der Waals surface area contributed by atoms with E-state index < -0.39 is 0 Å². The molecule has 7 nitrogen and oxygen atoms in total. The second-order valence-electron chi connectivity index (χ2n) is 6.79. The van der Waals surface area contributed by atoms with Crippen molar-refractivity contribution in [3.63, 3.8) is 0 Å². The Morgan fingerprint density at radius 3 is 2.58 bits per heavy atom. The second-order valence-corrected chi connectivity index (χ2v) is 6.79. The van der Waals surface area contributed by atoms with Gasteiger partial charge in [-0.2, -0.15) is 5.10 Å². The van der Waals surface area contributed by atoms with Crippen LogP contribution < -0.4 is 10.1 Å². The van der Waals surface area contributed by atoms with Gasteiger partial charge in [0, 0.05) is 46.4 Å². The fraction of sp³-hybridized carbons (Fsp3) is 0.0435. The zero-order chi connectivity index (χ0) is 21.2. The summed E-state index contributed by atoms with van der Waals surface area (Å²) in [7, 11) is 1.62. The molecular formula is C23H17FN6O. The minimum Gasteiger partial charge on any atom is -0.496 e. The highest BCUT2D eigenvalue weighted by molar-refractivity contribution is 5.94. The lowest BCUT2D eigenvalue weighted by Crippen LogP contribution is -1.97. The fourth-order valence-corrected chi connectivity index (χ4v) is 3.42. The Bertz CT molecular complexity index is 1370. The normalized spacial score (nSPS) is 10.9. The van der Waals surface area contributed by atoms with Crippen LogP contribution in [0.1, 0.15) is 0 Å². The SMILES string of the molecule is COc1ccccc1-c1[nH]nc2ncc(-c3ccc(Nc4ncccn4)cc3F)cc12. The molecule has 0 saturated carbocycles. The van der Waals surface area contributed by atoms with E-state index >= 15 is 0 Å². The van der Waals surface area contributed by atoms with Gasteiger partial charge in [0.05, 0.1) is 12.8 Å². The van der Waals surface area contributed by atoms with Crippen molar-refractivity contribution in [1.29, 1.82) is 0 Å². The highest BCUT2D eigenvalue weighted by Gasteiger charge is 2.15. The topological polar surface area (TPSA) is 88.6 Å². The van der Waals surface area contributed by atoms with Gasteiger partial charge in [-0.1, -0.05) is 12.1 Å².